The summed E-state index contributed by atoms with van der Waals surface area (Å²) in [5.74, 6) is -0.597. The molecule has 1 atom stereocenters. The zero-order valence-electron chi connectivity index (χ0n) is 16.0. The normalized spacial score (nSPS) is 25.9. The third-order valence-electron chi connectivity index (χ3n) is 5.56. The van der Waals surface area contributed by atoms with Gasteiger partial charge in [0.2, 0.25) is 11.8 Å². The van der Waals surface area contributed by atoms with E-state index in [0.29, 0.717) is 45.1 Å². The van der Waals surface area contributed by atoms with Gasteiger partial charge < -0.3 is 20.3 Å². The van der Waals surface area contributed by atoms with Crippen molar-refractivity contribution in [3.05, 3.63) is 0 Å². The van der Waals surface area contributed by atoms with Crippen LogP contribution >= 0.6 is 0 Å². The third kappa shape index (κ3) is 3.79. The van der Waals surface area contributed by atoms with Crippen LogP contribution in [0.2, 0.25) is 0 Å². The average Bonchev–Trinajstić information content (AvgIpc) is 3.23. The van der Waals surface area contributed by atoms with E-state index < -0.39 is 16.9 Å². The van der Waals surface area contributed by atoms with Gasteiger partial charge in [0.25, 0.3) is 0 Å². The van der Waals surface area contributed by atoms with Gasteiger partial charge in [0.15, 0.2) is 0 Å². The summed E-state index contributed by atoms with van der Waals surface area (Å²) >= 11 is 0. The van der Waals surface area contributed by atoms with Crippen LogP contribution in [0.3, 0.4) is 0 Å². The van der Waals surface area contributed by atoms with Gasteiger partial charge in [0, 0.05) is 45.3 Å². The lowest BCUT2D eigenvalue weighted by Gasteiger charge is -2.39. The molecule has 0 aromatic heterocycles. The highest BCUT2D eigenvalue weighted by atomic mass is 16.6. The Balaban J connectivity index is 1.48. The fourth-order valence-corrected chi connectivity index (χ4v) is 3.82. The highest BCUT2D eigenvalue weighted by molar-refractivity contribution is 6.07. The molecule has 8 heteroatoms. The van der Waals surface area contributed by atoms with Gasteiger partial charge in [-0.3, -0.25) is 14.5 Å². The molecule has 0 bridgehead atoms. The van der Waals surface area contributed by atoms with Crippen molar-refractivity contribution in [2.75, 3.05) is 39.3 Å². The standard InChI is InChI=1S/C18H30N4O4/c1-17(2,3)26-16(25)22-7-4-13(12-22)20-8-10-21(11-9-20)15(24)18(5-6-18)14(19)23/h13H,4-12H2,1-3H3,(H2,19,23). The number of primary amides is 1. The van der Waals surface area contributed by atoms with Gasteiger partial charge in [0.05, 0.1) is 0 Å². The molecule has 2 heterocycles. The maximum Gasteiger partial charge on any atom is 0.410 e. The summed E-state index contributed by atoms with van der Waals surface area (Å²) in [7, 11) is 0. The van der Waals surface area contributed by atoms with E-state index in [1.54, 1.807) is 9.80 Å². The van der Waals surface area contributed by atoms with E-state index in [9.17, 15) is 14.4 Å². The second-order valence-electron chi connectivity index (χ2n) is 8.64. The number of ether oxygens (including phenoxy) is 1. The van der Waals surface area contributed by atoms with Crippen molar-refractivity contribution in [3.63, 3.8) is 0 Å². The third-order valence-corrected chi connectivity index (χ3v) is 5.56. The minimum Gasteiger partial charge on any atom is -0.444 e. The quantitative estimate of drug-likeness (QED) is 0.730. The topological polar surface area (TPSA) is 96.2 Å². The molecule has 3 rings (SSSR count). The first-order chi connectivity index (χ1) is 12.1. The highest BCUT2D eigenvalue weighted by Gasteiger charge is 2.57. The Morgan fingerprint density at radius 3 is 2.12 bits per heavy atom. The fourth-order valence-electron chi connectivity index (χ4n) is 3.82. The smallest absolute Gasteiger partial charge is 0.410 e. The van der Waals surface area contributed by atoms with Crippen LogP contribution in [0, 0.1) is 5.41 Å². The number of rotatable bonds is 3. The molecule has 1 unspecified atom stereocenters. The molecule has 2 saturated heterocycles. The molecule has 0 radical (unpaired) electrons. The van der Waals surface area contributed by atoms with E-state index in [-0.39, 0.29) is 12.0 Å². The molecule has 26 heavy (non-hydrogen) atoms. The Labute approximate surface area is 154 Å². The van der Waals surface area contributed by atoms with Crippen molar-refractivity contribution in [2.45, 2.75) is 51.7 Å². The summed E-state index contributed by atoms with van der Waals surface area (Å²) in [4.78, 5) is 42.2. The Kier molecular flexibility index (Phi) is 4.90. The molecule has 8 nitrogen and oxygen atoms in total. The molecule has 2 N–H and O–H groups in total. The number of carbonyl (C=O) groups excluding carboxylic acids is 3. The number of piperazine rings is 1. The Bertz CT molecular complexity index is 588. The lowest BCUT2D eigenvalue weighted by atomic mass is 10.0. The van der Waals surface area contributed by atoms with Gasteiger partial charge in [-0.15, -0.1) is 0 Å². The van der Waals surface area contributed by atoms with Crippen LogP contribution in [0.15, 0.2) is 0 Å². The van der Waals surface area contributed by atoms with Gasteiger partial charge in [-0.05, 0) is 40.0 Å². The summed E-state index contributed by atoms with van der Waals surface area (Å²) in [5.41, 5.74) is 3.99. The zero-order chi connectivity index (χ0) is 19.1. The predicted molar refractivity (Wildman–Crippen MR) is 95.2 cm³/mol. The molecule has 0 aromatic rings. The first-order valence-corrected chi connectivity index (χ1v) is 9.44. The Hall–Kier alpha value is -1.83. The average molecular weight is 366 g/mol. The van der Waals surface area contributed by atoms with E-state index >= 15 is 0 Å². The van der Waals surface area contributed by atoms with E-state index in [4.69, 9.17) is 10.5 Å². The summed E-state index contributed by atoms with van der Waals surface area (Å²) < 4.78 is 5.44. The van der Waals surface area contributed by atoms with Crippen LogP contribution in [0.1, 0.15) is 40.0 Å². The van der Waals surface area contributed by atoms with Gasteiger partial charge in [-0.2, -0.15) is 0 Å². The number of nitrogens with zero attached hydrogens (tertiary/aromatic N) is 3. The van der Waals surface area contributed by atoms with Crippen LogP contribution < -0.4 is 5.73 Å². The summed E-state index contributed by atoms with van der Waals surface area (Å²) in [6.45, 7) is 9.69. The van der Waals surface area contributed by atoms with Crippen LogP contribution in [-0.4, -0.2) is 83.5 Å². The Morgan fingerprint density at radius 2 is 1.62 bits per heavy atom. The van der Waals surface area contributed by atoms with Gasteiger partial charge in [-0.25, -0.2) is 4.79 Å². The highest BCUT2D eigenvalue weighted by Crippen LogP contribution is 2.47. The van der Waals surface area contributed by atoms with Crippen molar-refractivity contribution in [1.82, 2.24) is 14.7 Å². The van der Waals surface area contributed by atoms with Gasteiger partial charge >= 0.3 is 6.09 Å². The molecule has 0 spiro atoms. The number of amides is 3. The maximum atomic E-state index is 12.6. The second kappa shape index (κ2) is 6.72. The fraction of sp³-hybridized carbons (Fsp3) is 0.833. The molecule has 146 valence electrons. The molecule has 3 fully saturated rings. The van der Waals surface area contributed by atoms with Gasteiger partial charge in [-0.1, -0.05) is 0 Å². The molecule has 1 saturated carbocycles. The molecule has 0 aromatic carbocycles. The number of nitrogens with two attached hydrogens (primary N) is 1. The van der Waals surface area contributed by atoms with E-state index in [1.165, 1.54) is 0 Å². The number of likely N-dealkylation sites (tertiary alicyclic amines) is 1. The molecule has 3 amide bonds. The number of hydrogen-bond acceptors (Lipinski definition) is 5. The Morgan fingerprint density at radius 1 is 1.00 bits per heavy atom. The van der Waals surface area contributed by atoms with Crippen molar-refractivity contribution in [3.8, 4) is 0 Å². The van der Waals surface area contributed by atoms with Crippen molar-refractivity contribution >= 4 is 17.9 Å². The first-order valence-electron chi connectivity index (χ1n) is 9.44. The molecule has 1 aliphatic carbocycles. The lowest BCUT2D eigenvalue weighted by Crippen LogP contribution is -2.55. The van der Waals surface area contributed by atoms with E-state index in [1.807, 2.05) is 20.8 Å². The van der Waals surface area contributed by atoms with Gasteiger partial charge in [0.1, 0.15) is 11.0 Å². The molecule has 2 aliphatic heterocycles. The largest absolute Gasteiger partial charge is 0.444 e. The van der Waals surface area contributed by atoms with Crippen molar-refractivity contribution < 1.29 is 19.1 Å². The monoisotopic (exact) mass is 366 g/mol. The van der Waals surface area contributed by atoms with Crippen molar-refractivity contribution in [2.24, 2.45) is 11.1 Å². The summed E-state index contributed by atoms with van der Waals surface area (Å²) in [6.07, 6.45) is 1.81. The van der Waals surface area contributed by atoms with E-state index in [0.717, 1.165) is 19.5 Å². The summed E-state index contributed by atoms with van der Waals surface area (Å²) in [6, 6.07) is 0.297. The molecule has 3 aliphatic rings. The minimum absolute atomic E-state index is 0.105. The zero-order valence-corrected chi connectivity index (χ0v) is 16.0. The minimum atomic E-state index is -0.928. The van der Waals surface area contributed by atoms with Crippen LogP contribution in [-0.2, 0) is 14.3 Å². The summed E-state index contributed by atoms with van der Waals surface area (Å²) in [5, 5.41) is 0. The predicted octanol–water partition coefficient (Wildman–Crippen LogP) is 0.406. The van der Waals surface area contributed by atoms with Crippen LogP contribution in [0.5, 0.6) is 0 Å². The SMILES string of the molecule is CC(C)(C)OC(=O)N1CCC(N2CCN(C(=O)C3(C(N)=O)CC3)CC2)C1. The number of carbonyl (C=O) groups is 3. The lowest BCUT2D eigenvalue weighted by molar-refractivity contribution is -0.144. The second-order valence-corrected chi connectivity index (χ2v) is 8.64. The van der Waals surface area contributed by atoms with Crippen LogP contribution in [0.4, 0.5) is 4.79 Å². The van der Waals surface area contributed by atoms with E-state index in [2.05, 4.69) is 4.90 Å². The molecular formula is C18H30N4O4. The number of hydrogen-bond donors (Lipinski definition) is 1. The maximum absolute atomic E-state index is 12.6. The molecular weight excluding hydrogens is 336 g/mol. The first kappa shape index (κ1) is 18.9. The van der Waals surface area contributed by atoms with Crippen LogP contribution in [0.25, 0.3) is 0 Å². The van der Waals surface area contributed by atoms with Crippen molar-refractivity contribution in [1.29, 1.82) is 0 Å².